The van der Waals surface area contributed by atoms with E-state index in [0.29, 0.717) is 12.3 Å². The molecule has 19 heavy (non-hydrogen) atoms. The second kappa shape index (κ2) is 6.98. The molecule has 0 fully saturated rings. The Morgan fingerprint density at radius 2 is 2.00 bits per heavy atom. The number of anilines is 1. The minimum absolute atomic E-state index is 0.225. The molecule has 4 nitrogen and oxygen atoms in total. The van der Waals surface area contributed by atoms with E-state index in [1.807, 2.05) is 6.07 Å². The van der Waals surface area contributed by atoms with Gasteiger partial charge in [-0.1, -0.05) is 18.2 Å². The fourth-order valence-electron chi connectivity index (χ4n) is 1.41. The quantitative estimate of drug-likeness (QED) is 0.834. The van der Waals surface area contributed by atoms with Gasteiger partial charge >= 0.3 is 6.18 Å². The summed E-state index contributed by atoms with van der Waals surface area (Å²) in [6.07, 6.45) is -4.40. The number of para-hydroxylation sites is 1. The highest BCUT2D eigenvalue weighted by atomic mass is 19.4. The molecule has 0 saturated carbocycles. The van der Waals surface area contributed by atoms with E-state index in [-0.39, 0.29) is 6.54 Å². The van der Waals surface area contributed by atoms with Crippen LogP contribution in [0, 0.1) is 0 Å². The molecule has 0 aliphatic carbocycles. The van der Waals surface area contributed by atoms with Crippen LogP contribution >= 0.6 is 0 Å². The van der Waals surface area contributed by atoms with Gasteiger partial charge in [-0.15, -0.1) is 0 Å². The summed E-state index contributed by atoms with van der Waals surface area (Å²) < 4.78 is 40.7. The molecule has 0 bridgehead atoms. The largest absolute Gasteiger partial charge is 0.405 e. The van der Waals surface area contributed by atoms with Gasteiger partial charge in [-0.2, -0.15) is 13.2 Å². The van der Waals surface area contributed by atoms with Crippen molar-refractivity contribution < 1.29 is 22.7 Å². The van der Waals surface area contributed by atoms with Crippen LogP contribution in [0.2, 0.25) is 0 Å². The number of methoxy groups -OCH3 is 1. The van der Waals surface area contributed by atoms with Gasteiger partial charge in [-0.25, -0.2) is 0 Å². The first-order valence-corrected chi connectivity index (χ1v) is 5.56. The Bertz CT molecular complexity index is 422. The zero-order valence-corrected chi connectivity index (χ0v) is 10.4. The average molecular weight is 276 g/mol. The molecule has 2 N–H and O–H groups in total. The van der Waals surface area contributed by atoms with Crippen molar-refractivity contribution in [2.24, 2.45) is 0 Å². The van der Waals surface area contributed by atoms with Crippen molar-refractivity contribution >= 4 is 11.6 Å². The Morgan fingerprint density at radius 1 is 1.32 bits per heavy atom. The van der Waals surface area contributed by atoms with E-state index < -0.39 is 18.6 Å². The van der Waals surface area contributed by atoms with Gasteiger partial charge in [0.05, 0.1) is 13.2 Å². The predicted octanol–water partition coefficient (Wildman–Crippen LogP) is 1.92. The van der Waals surface area contributed by atoms with E-state index >= 15 is 0 Å². The second-order valence-corrected chi connectivity index (χ2v) is 3.84. The van der Waals surface area contributed by atoms with Gasteiger partial charge in [0.2, 0.25) is 5.91 Å². The summed E-state index contributed by atoms with van der Waals surface area (Å²) in [7, 11) is 1.53. The normalized spacial score (nSPS) is 11.2. The first kappa shape index (κ1) is 15.3. The fourth-order valence-corrected chi connectivity index (χ4v) is 1.41. The topological polar surface area (TPSA) is 50.4 Å². The third-order valence-corrected chi connectivity index (χ3v) is 2.24. The minimum atomic E-state index is -4.40. The maximum absolute atomic E-state index is 11.9. The van der Waals surface area contributed by atoms with Crippen LogP contribution in [0.15, 0.2) is 24.3 Å². The first-order chi connectivity index (χ1) is 8.92. The summed E-state index contributed by atoms with van der Waals surface area (Å²) in [5.74, 6) is -0.718. The summed E-state index contributed by atoms with van der Waals surface area (Å²) in [6.45, 7) is -1.20. The molecule has 0 radical (unpaired) electrons. The van der Waals surface area contributed by atoms with E-state index in [4.69, 9.17) is 4.74 Å². The monoisotopic (exact) mass is 276 g/mol. The second-order valence-electron chi connectivity index (χ2n) is 3.84. The lowest BCUT2D eigenvalue weighted by molar-refractivity contribution is -0.137. The summed E-state index contributed by atoms with van der Waals surface area (Å²) in [5.41, 5.74) is 1.49. The van der Waals surface area contributed by atoms with Crippen LogP contribution in [0.4, 0.5) is 18.9 Å². The van der Waals surface area contributed by atoms with Gasteiger partial charge in [0.1, 0.15) is 6.54 Å². The van der Waals surface area contributed by atoms with Gasteiger partial charge in [0.25, 0.3) is 0 Å². The van der Waals surface area contributed by atoms with Gasteiger partial charge < -0.3 is 15.4 Å². The summed E-state index contributed by atoms with van der Waals surface area (Å²) >= 11 is 0. The highest BCUT2D eigenvalue weighted by Crippen LogP contribution is 2.15. The number of carbonyl (C=O) groups is 1. The molecular weight excluding hydrogens is 261 g/mol. The van der Waals surface area contributed by atoms with E-state index in [1.165, 1.54) is 7.11 Å². The zero-order valence-electron chi connectivity index (χ0n) is 10.4. The number of carbonyl (C=O) groups excluding carboxylic acids is 1. The van der Waals surface area contributed by atoms with Crippen LogP contribution in [-0.4, -0.2) is 32.3 Å². The van der Waals surface area contributed by atoms with Crippen molar-refractivity contribution in [1.29, 1.82) is 0 Å². The van der Waals surface area contributed by atoms with Gasteiger partial charge in [0, 0.05) is 18.4 Å². The molecule has 0 unspecified atom stereocenters. The number of amides is 1. The molecule has 1 rings (SSSR count). The zero-order chi connectivity index (χ0) is 14.3. The molecule has 0 saturated heterocycles. The highest BCUT2D eigenvalue weighted by molar-refractivity contribution is 5.80. The molecule has 0 aromatic heterocycles. The molecule has 0 heterocycles. The lowest BCUT2D eigenvalue weighted by atomic mass is 10.2. The molecule has 7 heteroatoms. The van der Waals surface area contributed by atoms with Crippen LogP contribution in [-0.2, 0) is 16.1 Å². The molecule has 1 amide bonds. The Kier molecular flexibility index (Phi) is 5.62. The Balaban J connectivity index is 2.46. The SMILES string of the molecule is COCc1ccccc1NCC(=O)NCC(F)(F)F. The van der Waals surface area contributed by atoms with E-state index in [1.54, 1.807) is 23.5 Å². The van der Waals surface area contributed by atoms with Crippen LogP contribution in [0.1, 0.15) is 5.56 Å². The highest BCUT2D eigenvalue weighted by Gasteiger charge is 2.27. The molecule has 1 aromatic rings. The average Bonchev–Trinajstić information content (AvgIpc) is 2.35. The molecule has 1 aromatic carbocycles. The van der Waals surface area contributed by atoms with Crippen molar-refractivity contribution in [2.75, 3.05) is 25.5 Å². The number of benzene rings is 1. The lowest BCUT2D eigenvalue weighted by Crippen LogP contribution is -2.37. The van der Waals surface area contributed by atoms with Crippen molar-refractivity contribution in [2.45, 2.75) is 12.8 Å². The molecular formula is C12H15F3N2O2. The molecule has 0 aliphatic rings. The third-order valence-electron chi connectivity index (χ3n) is 2.24. The standard InChI is InChI=1S/C12H15F3N2O2/c1-19-7-9-4-2-3-5-10(9)16-6-11(18)17-8-12(13,14)15/h2-5,16H,6-8H2,1H3,(H,17,18). The predicted molar refractivity (Wildman–Crippen MR) is 64.7 cm³/mol. The Morgan fingerprint density at radius 3 is 2.63 bits per heavy atom. The van der Waals surface area contributed by atoms with Crippen LogP contribution in [0.25, 0.3) is 0 Å². The van der Waals surface area contributed by atoms with E-state index in [0.717, 1.165) is 5.56 Å². The van der Waals surface area contributed by atoms with E-state index in [9.17, 15) is 18.0 Å². The lowest BCUT2D eigenvalue weighted by Gasteiger charge is -2.12. The maximum atomic E-state index is 11.9. The number of alkyl halides is 3. The van der Waals surface area contributed by atoms with Crippen molar-refractivity contribution in [3.63, 3.8) is 0 Å². The summed E-state index contributed by atoms with van der Waals surface area (Å²) in [4.78, 5) is 11.2. The van der Waals surface area contributed by atoms with Crippen LogP contribution in [0.3, 0.4) is 0 Å². The summed E-state index contributed by atoms with van der Waals surface area (Å²) in [6, 6.07) is 7.10. The van der Waals surface area contributed by atoms with Gasteiger partial charge in [-0.3, -0.25) is 4.79 Å². The fraction of sp³-hybridized carbons (Fsp3) is 0.417. The van der Waals surface area contributed by atoms with E-state index in [2.05, 4.69) is 5.32 Å². The number of rotatable bonds is 6. The van der Waals surface area contributed by atoms with Crippen LogP contribution < -0.4 is 10.6 Å². The van der Waals surface area contributed by atoms with Crippen molar-refractivity contribution in [3.8, 4) is 0 Å². The summed E-state index contributed by atoms with van der Waals surface area (Å²) in [5, 5.41) is 4.56. The number of halogens is 3. The maximum Gasteiger partial charge on any atom is 0.405 e. The molecule has 0 spiro atoms. The third kappa shape index (κ3) is 6.10. The van der Waals surface area contributed by atoms with Crippen LogP contribution in [0.5, 0.6) is 0 Å². The first-order valence-electron chi connectivity index (χ1n) is 5.56. The Labute approximate surface area is 108 Å². The van der Waals surface area contributed by atoms with Crippen molar-refractivity contribution in [1.82, 2.24) is 5.32 Å². The number of hydrogen-bond donors (Lipinski definition) is 2. The number of nitrogens with one attached hydrogen (secondary N) is 2. The molecule has 0 aliphatic heterocycles. The number of hydrogen-bond acceptors (Lipinski definition) is 3. The van der Waals surface area contributed by atoms with Crippen molar-refractivity contribution in [3.05, 3.63) is 29.8 Å². The molecule has 0 atom stereocenters. The van der Waals surface area contributed by atoms with Gasteiger partial charge in [-0.05, 0) is 6.07 Å². The Hall–Kier alpha value is -1.76. The minimum Gasteiger partial charge on any atom is -0.380 e. The van der Waals surface area contributed by atoms with Gasteiger partial charge in [0.15, 0.2) is 0 Å². The smallest absolute Gasteiger partial charge is 0.380 e. The molecule has 106 valence electrons. The number of ether oxygens (including phenoxy) is 1.